The number of furan rings is 1. The summed E-state index contributed by atoms with van der Waals surface area (Å²) in [6, 6.07) is 1.39. The molecular weight excluding hydrogens is 232 g/mol. The predicted molar refractivity (Wildman–Crippen MR) is 66.3 cm³/mol. The molecule has 0 saturated heterocycles. The van der Waals surface area contributed by atoms with Crippen LogP contribution in [0.25, 0.3) is 0 Å². The van der Waals surface area contributed by atoms with Crippen LogP contribution in [0, 0.1) is 5.41 Å². The molecule has 0 radical (unpaired) electrons. The standard InChI is InChI=1S/C13H18N2O3/c1-13(2,3)11-10(16)9(14)12(17)15(11)6-8-4-5-18-7-8/h4-5,7,11,16H,6,14H2,1-3H3. The number of nitrogens with two attached hydrogens (primary N) is 1. The predicted octanol–water partition coefficient (Wildman–Crippen LogP) is 1.76. The van der Waals surface area contributed by atoms with Gasteiger partial charge in [0.05, 0.1) is 18.6 Å². The average molecular weight is 250 g/mol. The lowest BCUT2D eigenvalue weighted by molar-refractivity contribution is -0.129. The number of carbonyl (C=O) groups excluding carboxylic acids is 1. The van der Waals surface area contributed by atoms with Gasteiger partial charge in [-0.3, -0.25) is 4.79 Å². The first-order valence-electron chi connectivity index (χ1n) is 5.83. The van der Waals surface area contributed by atoms with E-state index in [1.54, 1.807) is 23.5 Å². The molecule has 0 aromatic carbocycles. The van der Waals surface area contributed by atoms with Crippen molar-refractivity contribution in [1.29, 1.82) is 0 Å². The number of hydrogen-bond acceptors (Lipinski definition) is 4. The van der Waals surface area contributed by atoms with Crippen molar-refractivity contribution in [3.63, 3.8) is 0 Å². The minimum absolute atomic E-state index is 0.0315. The first-order chi connectivity index (χ1) is 8.32. The third-order valence-electron chi connectivity index (χ3n) is 3.09. The van der Waals surface area contributed by atoms with Gasteiger partial charge in [-0.05, 0) is 11.5 Å². The minimum Gasteiger partial charge on any atom is -0.508 e. The molecule has 1 aromatic heterocycles. The zero-order valence-electron chi connectivity index (χ0n) is 10.8. The van der Waals surface area contributed by atoms with E-state index in [1.165, 1.54) is 0 Å². The van der Waals surface area contributed by atoms with Crippen molar-refractivity contribution in [2.45, 2.75) is 33.4 Å². The molecule has 5 heteroatoms. The highest BCUT2D eigenvalue weighted by atomic mass is 16.3. The van der Waals surface area contributed by atoms with Gasteiger partial charge in [0.1, 0.15) is 11.5 Å². The van der Waals surface area contributed by atoms with Gasteiger partial charge in [-0.25, -0.2) is 0 Å². The van der Waals surface area contributed by atoms with Crippen molar-refractivity contribution in [1.82, 2.24) is 4.90 Å². The molecule has 2 heterocycles. The van der Waals surface area contributed by atoms with Crippen molar-refractivity contribution in [3.8, 4) is 0 Å². The third-order valence-corrected chi connectivity index (χ3v) is 3.09. The van der Waals surface area contributed by atoms with E-state index >= 15 is 0 Å². The first-order valence-corrected chi connectivity index (χ1v) is 5.83. The van der Waals surface area contributed by atoms with Crippen LogP contribution in [0.1, 0.15) is 26.3 Å². The molecule has 1 aliphatic heterocycles. The molecule has 3 N–H and O–H groups in total. The molecule has 5 nitrogen and oxygen atoms in total. The molecule has 0 spiro atoms. The van der Waals surface area contributed by atoms with Crippen molar-refractivity contribution >= 4 is 5.91 Å². The molecule has 1 unspecified atom stereocenters. The summed E-state index contributed by atoms with van der Waals surface area (Å²) in [5, 5.41) is 10.0. The van der Waals surface area contributed by atoms with Gasteiger partial charge in [-0.2, -0.15) is 0 Å². The van der Waals surface area contributed by atoms with E-state index in [0.29, 0.717) is 6.54 Å². The number of rotatable bonds is 2. The van der Waals surface area contributed by atoms with E-state index in [9.17, 15) is 9.90 Å². The summed E-state index contributed by atoms with van der Waals surface area (Å²) in [6.07, 6.45) is 3.14. The Balaban J connectivity index is 2.31. The molecule has 0 aliphatic carbocycles. The molecule has 0 fully saturated rings. The van der Waals surface area contributed by atoms with Gasteiger partial charge in [0.2, 0.25) is 0 Å². The Labute approximate surface area is 106 Å². The summed E-state index contributed by atoms with van der Waals surface area (Å²) in [7, 11) is 0. The fourth-order valence-corrected chi connectivity index (χ4v) is 2.30. The molecule has 18 heavy (non-hydrogen) atoms. The summed E-state index contributed by atoms with van der Waals surface area (Å²) >= 11 is 0. The van der Waals surface area contributed by atoms with Gasteiger partial charge < -0.3 is 20.2 Å². The minimum atomic E-state index is -0.403. The maximum absolute atomic E-state index is 12.1. The van der Waals surface area contributed by atoms with Crippen LogP contribution in [0.15, 0.2) is 34.5 Å². The van der Waals surface area contributed by atoms with Gasteiger partial charge >= 0.3 is 0 Å². The molecule has 1 aliphatic rings. The van der Waals surface area contributed by atoms with E-state index < -0.39 is 6.04 Å². The maximum Gasteiger partial charge on any atom is 0.274 e. The Morgan fingerprint density at radius 2 is 2.17 bits per heavy atom. The quantitative estimate of drug-likeness (QED) is 0.838. The van der Waals surface area contributed by atoms with E-state index in [2.05, 4.69) is 0 Å². The Kier molecular flexibility index (Phi) is 2.84. The molecule has 98 valence electrons. The smallest absolute Gasteiger partial charge is 0.274 e. The van der Waals surface area contributed by atoms with Gasteiger partial charge in [0.15, 0.2) is 0 Å². The summed E-state index contributed by atoms with van der Waals surface area (Å²) in [6.45, 7) is 6.26. The maximum atomic E-state index is 12.1. The largest absolute Gasteiger partial charge is 0.508 e. The van der Waals surface area contributed by atoms with Crippen LogP contribution in [0.2, 0.25) is 0 Å². The fourth-order valence-electron chi connectivity index (χ4n) is 2.30. The molecule has 0 bridgehead atoms. The van der Waals surface area contributed by atoms with Crippen molar-refractivity contribution in [3.05, 3.63) is 35.6 Å². The van der Waals surface area contributed by atoms with Gasteiger partial charge in [-0.1, -0.05) is 20.8 Å². The Bertz CT molecular complexity index is 483. The van der Waals surface area contributed by atoms with Crippen LogP contribution in [0.4, 0.5) is 0 Å². The topological polar surface area (TPSA) is 79.7 Å². The number of aliphatic hydroxyl groups is 1. The molecule has 1 atom stereocenters. The second-order valence-electron chi connectivity index (χ2n) is 5.63. The Morgan fingerprint density at radius 1 is 1.50 bits per heavy atom. The summed E-state index contributed by atoms with van der Waals surface area (Å²) in [5.74, 6) is -0.357. The van der Waals surface area contributed by atoms with E-state index in [4.69, 9.17) is 10.2 Å². The summed E-state index contributed by atoms with van der Waals surface area (Å²) in [4.78, 5) is 13.6. The number of carbonyl (C=O) groups is 1. The normalized spacial score (nSPS) is 20.9. The van der Waals surface area contributed by atoms with Gasteiger partial charge in [0, 0.05) is 12.1 Å². The van der Waals surface area contributed by atoms with E-state index in [1.807, 2.05) is 20.8 Å². The number of nitrogens with zero attached hydrogens (tertiary/aromatic N) is 1. The monoisotopic (exact) mass is 250 g/mol. The molecule has 0 saturated carbocycles. The zero-order valence-corrected chi connectivity index (χ0v) is 10.8. The Hall–Kier alpha value is -1.91. The van der Waals surface area contributed by atoms with Crippen LogP contribution >= 0.6 is 0 Å². The highest BCUT2D eigenvalue weighted by Gasteiger charge is 2.44. The van der Waals surface area contributed by atoms with Gasteiger partial charge in [-0.15, -0.1) is 0 Å². The highest BCUT2D eigenvalue weighted by molar-refractivity contribution is 5.96. The van der Waals surface area contributed by atoms with Crippen molar-refractivity contribution in [2.75, 3.05) is 0 Å². The number of hydrogen-bond donors (Lipinski definition) is 2. The summed E-state index contributed by atoms with van der Waals surface area (Å²) < 4.78 is 4.99. The zero-order chi connectivity index (χ0) is 13.5. The molecule has 2 rings (SSSR count). The lowest BCUT2D eigenvalue weighted by atomic mass is 9.85. The Morgan fingerprint density at radius 3 is 2.67 bits per heavy atom. The number of amides is 1. The molecular formula is C13H18N2O3. The second kappa shape index (κ2) is 4.08. The third kappa shape index (κ3) is 1.96. The van der Waals surface area contributed by atoms with Crippen LogP contribution in [0.5, 0.6) is 0 Å². The van der Waals surface area contributed by atoms with E-state index in [-0.39, 0.29) is 22.8 Å². The molecule has 1 aromatic rings. The second-order valence-corrected chi connectivity index (χ2v) is 5.63. The van der Waals surface area contributed by atoms with Crippen LogP contribution < -0.4 is 5.73 Å². The van der Waals surface area contributed by atoms with Crippen molar-refractivity contribution < 1.29 is 14.3 Å². The SMILES string of the molecule is CC(C)(C)C1C(O)=C(N)C(=O)N1Cc1ccoc1. The lowest BCUT2D eigenvalue weighted by Crippen LogP contribution is -2.43. The average Bonchev–Trinajstić information content (AvgIpc) is 2.82. The van der Waals surface area contributed by atoms with Crippen LogP contribution in [-0.2, 0) is 11.3 Å². The highest BCUT2D eigenvalue weighted by Crippen LogP contribution is 2.35. The van der Waals surface area contributed by atoms with Crippen LogP contribution in [-0.4, -0.2) is 22.0 Å². The first kappa shape index (κ1) is 12.5. The van der Waals surface area contributed by atoms with E-state index in [0.717, 1.165) is 5.56 Å². The fraction of sp³-hybridized carbons (Fsp3) is 0.462. The van der Waals surface area contributed by atoms with Crippen molar-refractivity contribution in [2.24, 2.45) is 11.1 Å². The van der Waals surface area contributed by atoms with Gasteiger partial charge in [0.25, 0.3) is 5.91 Å². The number of aliphatic hydroxyl groups excluding tert-OH is 1. The summed E-state index contributed by atoms with van der Waals surface area (Å²) in [5.41, 5.74) is 6.17. The molecule has 1 amide bonds. The lowest BCUT2D eigenvalue weighted by Gasteiger charge is -2.34. The van der Waals surface area contributed by atoms with Crippen LogP contribution in [0.3, 0.4) is 0 Å².